The van der Waals surface area contributed by atoms with E-state index in [1.54, 1.807) is 0 Å². The molecule has 0 amide bonds. The highest BCUT2D eigenvalue weighted by Gasteiger charge is 2.22. The third-order valence-corrected chi connectivity index (χ3v) is 8.61. The first-order chi connectivity index (χ1) is 20.8. The van der Waals surface area contributed by atoms with Gasteiger partial charge < -0.3 is 0 Å². The normalized spacial score (nSPS) is 11.8. The van der Waals surface area contributed by atoms with Crippen LogP contribution in [0.2, 0.25) is 0 Å². The Kier molecular flexibility index (Phi) is 4.93. The largest absolute Gasteiger partial charge is 0.245 e. The van der Waals surface area contributed by atoms with Gasteiger partial charge in [0.15, 0.2) is 0 Å². The third-order valence-electron chi connectivity index (χ3n) is 8.61. The second-order valence-electron chi connectivity index (χ2n) is 11.0. The number of hydrogen-bond acceptors (Lipinski definition) is 2. The van der Waals surface area contributed by atoms with Crippen molar-refractivity contribution >= 4 is 32.6 Å². The summed E-state index contributed by atoms with van der Waals surface area (Å²) in [6.07, 6.45) is 0. The van der Waals surface area contributed by atoms with Crippen molar-refractivity contribution in [1.82, 2.24) is 9.97 Å². The Morgan fingerprint density at radius 2 is 0.857 bits per heavy atom. The molecule has 2 heterocycles. The fourth-order valence-corrected chi connectivity index (χ4v) is 6.60. The van der Waals surface area contributed by atoms with Gasteiger partial charge in [0, 0.05) is 21.9 Å². The molecule has 0 unspecified atom stereocenters. The lowest BCUT2D eigenvalue weighted by Crippen LogP contribution is -1.91. The molecule has 0 spiro atoms. The average molecular weight is 533 g/mol. The first kappa shape index (κ1) is 23.1. The minimum absolute atomic E-state index is 0.927. The van der Waals surface area contributed by atoms with E-state index >= 15 is 0 Å². The van der Waals surface area contributed by atoms with Gasteiger partial charge in [-0.25, -0.2) is 9.97 Å². The summed E-state index contributed by atoms with van der Waals surface area (Å²) in [6, 6.07) is 51.9. The van der Waals surface area contributed by atoms with Gasteiger partial charge in [-0.1, -0.05) is 127 Å². The van der Waals surface area contributed by atoms with Crippen LogP contribution in [0.3, 0.4) is 0 Å². The Hall–Kier alpha value is -5.60. The predicted octanol–water partition coefficient (Wildman–Crippen LogP) is 10.6. The van der Waals surface area contributed by atoms with Gasteiger partial charge in [0.1, 0.15) is 0 Å². The summed E-state index contributed by atoms with van der Waals surface area (Å²) < 4.78 is 0. The van der Waals surface area contributed by atoms with E-state index in [4.69, 9.17) is 9.97 Å². The Bertz CT molecular complexity index is 2320. The molecule has 2 heteroatoms. The maximum atomic E-state index is 5.21. The summed E-state index contributed by atoms with van der Waals surface area (Å²) in [6.45, 7) is 0. The first-order valence-electron chi connectivity index (χ1n) is 14.3. The van der Waals surface area contributed by atoms with Crippen LogP contribution in [-0.2, 0) is 0 Å². The molecule has 0 aliphatic heterocycles. The van der Waals surface area contributed by atoms with Gasteiger partial charge in [-0.15, -0.1) is 0 Å². The molecule has 6 aromatic carbocycles. The standard InChI is InChI=1S/C40H24N2/c1-2-8-25(9-3-1)36-22-18-26-16-17-27-19-23-37(42-40(27)39(26)41-36)29-11-6-10-28(24-29)30-20-21-35-32-13-5-4-12-31(32)34-15-7-14-33(30)38(34)35/h1-24H. The second-order valence-corrected chi connectivity index (χ2v) is 11.0. The van der Waals surface area contributed by atoms with Crippen LogP contribution in [0.4, 0.5) is 0 Å². The molecule has 2 aromatic heterocycles. The number of benzene rings is 6. The van der Waals surface area contributed by atoms with E-state index < -0.39 is 0 Å². The van der Waals surface area contributed by atoms with Gasteiger partial charge in [-0.2, -0.15) is 0 Å². The van der Waals surface area contributed by atoms with Crippen molar-refractivity contribution in [3.8, 4) is 55.9 Å². The molecule has 0 fully saturated rings. The fraction of sp³-hybridized carbons (Fsp3) is 0. The van der Waals surface area contributed by atoms with Crippen molar-refractivity contribution in [1.29, 1.82) is 0 Å². The van der Waals surface area contributed by atoms with Gasteiger partial charge >= 0.3 is 0 Å². The van der Waals surface area contributed by atoms with Crippen molar-refractivity contribution in [2.75, 3.05) is 0 Å². The van der Waals surface area contributed by atoms with Crippen molar-refractivity contribution in [3.05, 3.63) is 146 Å². The Morgan fingerprint density at radius 3 is 1.60 bits per heavy atom. The minimum atomic E-state index is 0.927. The summed E-state index contributed by atoms with van der Waals surface area (Å²) >= 11 is 0. The quantitative estimate of drug-likeness (QED) is 0.212. The monoisotopic (exact) mass is 532 g/mol. The summed E-state index contributed by atoms with van der Waals surface area (Å²) in [5.74, 6) is 0. The molecule has 0 atom stereocenters. The van der Waals surface area contributed by atoms with Crippen molar-refractivity contribution < 1.29 is 0 Å². The summed E-state index contributed by atoms with van der Waals surface area (Å²) in [7, 11) is 0. The Balaban J connectivity index is 1.19. The molecule has 0 saturated heterocycles. The zero-order valence-corrected chi connectivity index (χ0v) is 22.8. The highest BCUT2D eigenvalue weighted by atomic mass is 14.8. The van der Waals surface area contributed by atoms with Crippen molar-refractivity contribution in [2.24, 2.45) is 0 Å². The summed E-state index contributed by atoms with van der Waals surface area (Å²) in [4.78, 5) is 10.3. The maximum Gasteiger partial charge on any atom is 0.0972 e. The van der Waals surface area contributed by atoms with E-state index in [0.717, 1.165) is 44.3 Å². The first-order valence-corrected chi connectivity index (χ1v) is 14.3. The van der Waals surface area contributed by atoms with Gasteiger partial charge in [0.25, 0.3) is 0 Å². The second kappa shape index (κ2) is 8.95. The zero-order chi connectivity index (χ0) is 27.6. The van der Waals surface area contributed by atoms with Gasteiger partial charge in [-0.3, -0.25) is 0 Å². The number of rotatable bonds is 3. The fourth-order valence-electron chi connectivity index (χ4n) is 6.60. The average Bonchev–Trinajstić information content (AvgIpc) is 3.40. The van der Waals surface area contributed by atoms with Crippen molar-refractivity contribution in [2.45, 2.75) is 0 Å². The molecule has 0 saturated carbocycles. The van der Waals surface area contributed by atoms with Crippen LogP contribution < -0.4 is 0 Å². The van der Waals surface area contributed by atoms with E-state index in [1.807, 2.05) is 6.07 Å². The smallest absolute Gasteiger partial charge is 0.0972 e. The molecular formula is C40H24N2. The van der Waals surface area contributed by atoms with E-state index in [-0.39, 0.29) is 0 Å². The lowest BCUT2D eigenvalue weighted by atomic mass is 9.93. The van der Waals surface area contributed by atoms with Crippen LogP contribution in [0.5, 0.6) is 0 Å². The highest BCUT2D eigenvalue weighted by Crippen LogP contribution is 2.49. The topological polar surface area (TPSA) is 25.8 Å². The third kappa shape index (κ3) is 3.45. The van der Waals surface area contributed by atoms with Crippen LogP contribution in [-0.4, -0.2) is 9.97 Å². The van der Waals surface area contributed by atoms with E-state index in [2.05, 4.69) is 140 Å². The number of aromatic nitrogens is 2. The molecule has 2 nitrogen and oxygen atoms in total. The van der Waals surface area contributed by atoms with E-state index in [0.29, 0.717) is 0 Å². The highest BCUT2D eigenvalue weighted by molar-refractivity contribution is 6.18. The van der Waals surface area contributed by atoms with Crippen LogP contribution >= 0.6 is 0 Å². The minimum Gasteiger partial charge on any atom is -0.245 e. The maximum absolute atomic E-state index is 5.21. The predicted molar refractivity (Wildman–Crippen MR) is 175 cm³/mol. The summed E-state index contributed by atoms with van der Waals surface area (Å²) in [5, 5.41) is 4.81. The molecule has 0 N–H and O–H groups in total. The van der Waals surface area contributed by atoms with Crippen LogP contribution in [0.1, 0.15) is 0 Å². The number of hydrogen-bond donors (Lipinski definition) is 0. The molecule has 0 bridgehead atoms. The molecule has 1 aliphatic carbocycles. The zero-order valence-electron chi connectivity index (χ0n) is 22.8. The molecule has 1 aliphatic rings. The Morgan fingerprint density at radius 1 is 0.333 bits per heavy atom. The van der Waals surface area contributed by atoms with Gasteiger partial charge in [0.05, 0.1) is 22.4 Å². The van der Waals surface area contributed by atoms with Crippen molar-refractivity contribution in [3.63, 3.8) is 0 Å². The molecule has 194 valence electrons. The number of pyridine rings is 2. The molecule has 0 radical (unpaired) electrons. The SMILES string of the molecule is c1ccc(-c2ccc3ccc4ccc(-c5cccc(-c6ccc7c8c(cccc68)-c6ccccc6-7)c5)nc4c3n2)cc1. The van der Waals surface area contributed by atoms with Crippen LogP contribution in [0.15, 0.2) is 146 Å². The molecular weight excluding hydrogens is 508 g/mol. The molecule has 42 heavy (non-hydrogen) atoms. The van der Waals surface area contributed by atoms with Crippen LogP contribution in [0.25, 0.3) is 88.5 Å². The van der Waals surface area contributed by atoms with E-state index in [9.17, 15) is 0 Å². The lowest BCUT2D eigenvalue weighted by Gasteiger charge is -2.12. The van der Waals surface area contributed by atoms with Gasteiger partial charge in [-0.05, 0) is 62.4 Å². The molecule has 8 aromatic rings. The number of fused-ring (bicyclic) bond motifs is 6. The van der Waals surface area contributed by atoms with Crippen LogP contribution in [0, 0.1) is 0 Å². The number of nitrogens with zero attached hydrogens (tertiary/aromatic N) is 2. The lowest BCUT2D eigenvalue weighted by molar-refractivity contribution is 1.36. The molecule has 9 rings (SSSR count). The summed E-state index contributed by atoms with van der Waals surface area (Å²) in [5.41, 5.74) is 13.7. The van der Waals surface area contributed by atoms with E-state index in [1.165, 1.54) is 44.2 Å². The van der Waals surface area contributed by atoms with Gasteiger partial charge in [0.2, 0.25) is 0 Å². The Labute approximate surface area is 243 Å².